The SMILES string of the molecule is COC(=O)C=C1SC(=NC(=O)c2ccc(Cl)cc2Cl)N(c2ccc(NC(=O)CCC3CCN(C(=O)OC(C)(C)C)CC3)cc2)C1=O. The van der Waals surface area contributed by atoms with Gasteiger partial charge in [0.2, 0.25) is 5.91 Å². The number of nitrogens with one attached hydrogen (secondary N) is 1. The number of nitrogens with zero attached hydrogens (tertiary/aromatic N) is 3. The Morgan fingerprint density at radius 1 is 1.07 bits per heavy atom. The lowest BCUT2D eigenvalue weighted by molar-refractivity contribution is -0.135. The minimum Gasteiger partial charge on any atom is -0.466 e. The molecule has 2 aliphatic heterocycles. The number of carbonyl (C=O) groups is 5. The lowest BCUT2D eigenvalue weighted by Crippen LogP contribution is -2.41. The molecule has 1 N–H and O–H groups in total. The molecule has 0 aromatic heterocycles. The number of piperidine rings is 1. The summed E-state index contributed by atoms with van der Waals surface area (Å²) in [4.78, 5) is 70.3. The Hall–Kier alpha value is -3.87. The first-order valence-corrected chi connectivity index (χ1v) is 16.1. The maximum absolute atomic E-state index is 13.3. The van der Waals surface area contributed by atoms with E-state index in [0.717, 1.165) is 30.7 Å². The predicted molar refractivity (Wildman–Crippen MR) is 178 cm³/mol. The van der Waals surface area contributed by atoms with Gasteiger partial charge in [-0.3, -0.25) is 19.3 Å². The number of halogens is 2. The topological polar surface area (TPSA) is 135 Å². The van der Waals surface area contributed by atoms with Gasteiger partial charge in [0.25, 0.3) is 11.8 Å². The summed E-state index contributed by atoms with van der Waals surface area (Å²) in [5.41, 5.74) is 0.415. The molecule has 0 radical (unpaired) electrons. The summed E-state index contributed by atoms with van der Waals surface area (Å²) >= 11 is 13.0. The quantitative estimate of drug-likeness (QED) is 0.251. The number of amides is 4. The van der Waals surface area contributed by atoms with Crippen LogP contribution in [0.15, 0.2) is 58.4 Å². The van der Waals surface area contributed by atoms with Crippen molar-refractivity contribution in [1.29, 1.82) is 0 Å². The third-order valence-corrected chi connectivity index (χ3v) is 8.59. The molecule has 244 valence electrons. The lowest BCUT2D eigenvalue weighted by Gasteiger charge is -2.33. The van der Waals surface area contributed by atoms with Gasteiger partial charge in [-0.2, -0.15) is 4.99 Å². The van der Waals surface area contributed by atoms with E-state index in [1.165, 1.54) is 30.2 Å². The number of amidine groups is 1. The van der Waals surface area contributed by atoms with Crippen molar-refractivity contribution in [1.82, 2.24) is 4.90 Å². The van der Waals surface area contributed by atoms with E-state index in [-0.39, 0.29) is 32.7 Å². The summed E-state index contributed by atoms with van der Waals surface area (Å²) in [5, 5.41) is 3.31. The Morgan fingerprint density at radius 2 is 1.74 bits per heavy atom. The van der Waals surface area contributed by atoms with E-state index in [2.05, 4.69) is 15.0 Å². The fourth-order valence-electron chi connectivity index (χ4n) is 4.74. The molecule has 2 fully saturated rings. The second-order valence-electron chi connectivity index (χ2n) is 11.6. The Kier molecular flexibility index (Phi) is 11.5. The van der Waals surface area contributed by atoms with Crippen LogP contribution >= 0.6 is 35.0 Å². The molecule has 2 saturated heterocycles. The van der Waals surface area contributed by atoms with Gasteiger partial charge in [0.15, 0.2) is 5.17 Å². The van der Waals surface area contributed by atoms with Crippen LogP contribution < -0.4 is 10.2 Å². The summed E-state index contributed by atoms with van der Waals surface area (Å²) in [6.07, 6.45) is 3.31. The van der Waals surface area contributed by atoms with Crippen LogP contribution in [0.5, 0.6) is 0 Å². The van der Waals surface area contributed by atoms with Crippen molar-refractivity contribution in [3.8, 4) is 0 Å². The van der Waals surface area contributed by atoms with Gasteiger partial charge in [-0.05, 0) is 100 Å². The minimum absolute atomic E-state index is 0.00525. The molecule has 4 amide bonds. The normalized spacial score (nSPS) is 17.4. The zero-order chi connectivity index (χ0) is 33.6. The Morgan fingerprint density at radius 3 is 2.35 bits per heavy atom. The molecule has 2 aromatic rings. The molecule has 0 spiro atoms. The number of anilines is 2. The molecule has 11 nitrogen and oxygen atoms in total. The van der Waals surface area contributed by atoms with Gasteiger partial charge in [-0.25, -0.2) is 9.59 Å². The molecule has 2 aromatic carbocycles. The molecule has 2 heterocycles. The molecule has 2 aliphatic rings. The van der Waals surface area contributed by atoms with E-state index in [9.17, 15) is 24.0 Å². The van der Waals surface area contributed by atoms with Gasteiger partial charge in [0.05, 0.1) is 28.3 Å². The van der Waals surface area contributed by atoms with E-state index in [1.807, 2.05) is 20.8 Å². The van der Waals surface area contributed by atoms with Gasteiger partial charge < -0.3 is 19.7 Å². The Labute approximate surface area is 281 Å². The number of benzene rings is 2. The second kappa shape index (κ2) is 15.1. The van der Waals surface area contributed by atoms with Crippen LogP contribution in [0.4, 0.5) is 16.2 Å². The van der Waals surface area contributed by atoms with Gasteiger partial charge in [-0.15, -0.1) is 0 Å². The monoisotopic (exact) mass is 688 g/mol. The molecule has 0 aliphatic carbocycles. The van der Waals surface area contributed by atoms with E-state index < -0.39 is 23.4 Å². The summed E-state index contributed by atoms with van der Waals surface area (Å²) in [7, 11) is 1.19. The number of rotatable bonds is 7. The number of hydrogen-bond donors (Lipinski definition) is 1. The van der Waals surface area contributed by atoms with Crippen LogP contribution in [0.1, 0.15) is 56.8 Å². The van der Waals surface area contributed by atoms with Crippen molar-refractivity contribution in [2.24, 2.45) is 10.9 Å². The first kappa shape index (κ1) is 35.0. The standard InChI is InChI=1S/C32H34Cl2N4O7S/c1-32(2,3)45-31(43)37-15-13-19(14-16-37)5-12-26(39)35-21-7-9-22(10-8-21)38-29(42)25(18-27(40)44-4)46-30(38)36-28(41)23-11-6-20(33)17-24(23)34/h6-11,17-19H,5,12-16H2,1-4H3,(H,35,39). The third-order valence-electron chi connectivity index (χ3n) is 7.07. The van der Waals surface area contributed by atoms with Crippen molar-refractivity contribution < 1.29 is 33.4 Å². The highest BCUT2D eigenvalue weighted by Gasteiger charge is 2.36. The van der Waals surface area contributed by atoms with Crippen LogP contribution in [-0.4, -0.2) is 65.7 Å². The van der Waals surface area contributed by atoms with Crippen LogP contribution in [0, 0.1) is 5.92 Å². The van der Waals surface area contributed by atoms with E-state index in [4.69, 9.17) is 27.9 Å². The smallest absolute Gasteiger partial charge is 0.410 e. The summed E-state index contributed by atoms with van der Waals surface area (Å²) < 4.78 is 10.1. The van der Waals surface area contributed by atoms with Crippen LogP contribution in [0.25, 0.3) is 0 Å². The molecule has 0 bridgehead atoms. The summed E-state index contributed by atoms with van der Waals surface area (Å²) in [6, 6.07) is 10.8. The van der Waals surface area contributed by atoms with Gasteiger partial charge in [0.1, 0.15) is 5.60 Å². The first-order valence-electron chi connectivity index (χ1n) is 14.5. The fraction of sp³-hybridized carbons (Fsp3) is 0.375. The lowest BCUT2D eigenvalue weighted by atomic mass is 9.92. The number of carbonyl (C=O) groups excluding carboxylic acids is 5. The molecule has 0 saturated carbocycles. The van der Waals surface area contributed by atoms with Gasteiger partial charge >= 0.3 is 12.1 Å². The van der Waals surface area contributed by atoms with Crippen LogP contribution in [-0.2, 0) is 23.9 Å². The fourth-order valence-corrected chi connectivity index (χ4v) is 6.16. The van der Waals surface area contributed by atoms with Crippen molar-refractivity contribution in [3.63, 3.8) is 0 Å². The van der Waals surface area contributed by atoms with Crippen LogP contribution in [0.3, 0.4) is 0 Å². The van der Waals surface area contributed by atoms with Crippen molar-refractivity contribution >= 4 is 81.3 Å². The number of ether oxygens (including phenoxy) is 2. The van der Waals surface area contributed by atoms with Gasteiger partial charge in [0, 0.05) is 36.3 Å². The maximum Gasteiger partial charge on any atom is 0.410 e. The third kappa shape index (κ3) is 9.34. The molecule has 46 heavy (non-hydrogen) atoms. The highest BCUT2D eigenvalue weighted by Crippen LogP contribution is 2.36. The minimum atomic E-state index is -0.740. The van der Waals surface area contributed by atoms with E-state index in [0.29, 0.717) is 48.2 Å². The average molecular weight is 690 g/mol. The highest BCUT2D eigenvalue weighted by atomic mass is 35.5. The summed E-state index contributed by atoms with van der Waals surface area (Å²) in [6.45, 7) is 6.70. The maximum atomic E-state index is 13.3. The first-order chi connectivity index (χ1) is 21.7. The number of aliphatic imine (C=N–C) groups is 1. The Bertz CT molecular complexity index is 1580. The molecular weight excluding hydrogens is 655 g/mol. The molecule has 0 atom stereocenters. The number of likely N-dealkylation sites (tertiary alicyclic amines) is 1. The average Bonchev–Trinajstić information content (AvgIpc) is 3.29. The van der Waals surface area contributed by atoms with Crippen LogP contribution in [0.2, 0.25) is 10.0 Å². The number of methoxy groups -OCH3 is 1. The number of thioether (sulfide) groups is 1. The highest BCUT2D eigenvalue weighted by molar-refractivity contribution is 8.19. The van der Waals surface area contributed by atoms with Crippen molar-refractivity contribution in [2.75, 3.05) is 30.4 Å². The zero-order valence-electron chi connectivity index (χ0n) is 25.8. The van der Waals surface area contributed by atoms with Gasteiger partial charge in [-0.1, -0.05) is 23.2 Å². The predicted octanol–water partition coefficient (Wildman–Crippen LogP) is 6.69. The van der Waals surface area contributed by atoms with Crippen molar-refractivity contribution in [2.45, 2.75) is 52.1 Å². The molecule has 0 unspecified atom stereocenters. The number of esters is 1. The number of hydrogen-bond acceptors (Lipinski definition) is 8. The Balaban J connectivity index is 1.39. The van der Waals surface area contributed by atoms with E-state index >= 15 is 0 Å². The largest absolute Gasteiger partial charge is 0.466 e. The summed E-state index contributed by atoms with van der Waals surface area (Å²) in [5.74, 6) is -1.87. The second-order valence-corrected chi connectivity index (χ2v) is 13.5. The van der Waals surface area contributed by atoms with E-state index in [1.54, 1.807) is 29.2 Å². The molecule has 14 heteroatoms. The van der Waals surface area contributed by atoms with Crippen molar-refractivity contribution in [3.05, 3.63) is 69.1 Å². The molecule has 4 rings (SSSR count). The zero-order valence-corrected chi connectivity index (χ0v) is 28.1. The molecular formula is C32H34Cl2N4O7S.